The summed E-state index contributed by atoms with van der Waals surface area (Å²) in [5, 5.41) is 9.56. The van der Waals surface area contributed by atoms with Crippen molar-refractivity contribution in [2.24, 2.45) is 11.8 Å². The Balaban J connectivity index is 2.09. The largest absolute Gasteiger partial charge is 0.496 e. The lowest BCUT2D eigenvalue weighted by molar-refractivity contribution is 0.184. The molecule has 0 aromatic heterocycles. The average Bonchev–Trinajstić information content (AvgIpc) is 2.76. The first-order valence-corrected chi connectivity index (χ1v) is 9.20. The van der Waals surface area contributed by atoms with Gasteiger partial charge in [0.15, 0.2) is 9.84 Å². The summed E-state index contributed by atoms with van der Waals surface area (Å²) in [6, 6.07) is 5.79. The molecule has 6 heteroatoms. The summed E-state index contributed by atoms with van der Waals surface area (Å²) in [5.74, 6) is 1.27. The van der Waals surface area contributed by atoms with Crippen molar-refractivity contribution in [3.8, 4) is 5.75 Å². The van der Waals surface area contributed by atoms with Gasteiger partial charge in [-0.2, -0.15) is 0 Å². The van der Waals surface area contributed by atoms with Gasteiger partial charge in [0, 0.05) is 6.61 Å². The minimum atomic E-state index is -2.90. The molecule has 1 aromatic rings. The van der Waals surface area contributed by atoms with Crippen LogP contribution in [0.5, 0.6) is 5.75 Å². The van der Waals surface area contributed by atoms with Crippen LogP contribution in [-0.4, -0.2) is 38.7 Å². The van der Waals surface area contributed by atoms with E-state index in [2.05, 4.69) is 15.9 Å². The number of hydrogen-bond donors (Lipinski definition) is 1. The maximum Gasteiger partial charge on any atom is 0.150 e. The molecule has 4 nitrogen and oxygen atoms in total. The summed E-state index contributed by atoms with van der Waals surface area (Å²) >= 11 is 3.44. The fraction of sp³-hybridized carbons (Fsp3) is 0.571. The molecular formula is C14H19BrO4S. The Morgan fingerprint density at radius 2 is 2.25 bits per heavy atom. The molecule has 2 rings (SSSR count). The Morgan fingerprint density at radius 3 is 2.75 bits per heavy atom. The van der Waals surface area contributed by atoms with Crippen molar-refractivity contribution in [1.82, 2.24) is 0 Å². The van der Waals surface area contributed by atoms with Crippen LogP contribution in [-0.2, 0) is 16.3 Å². The Bertz CT molecular complexity index is 571. The van der Waals surface area contributed by atoms with Crippen molar-refractivity contribution in [3.63, 3.8) is 0 Å². The number of benzene rings is 1. The van der Waals surface area contributed by atoms with E-state index in [4.69, 9.17) is 4.74 Å². The maximum atomic E-state index is 11.5. The summed E-state index contributed by atoms with van der Waals surface area (Å²) in [6.07, 6.45) is 1.34. The third-order valence-electron chi connectivity index (χ3n) is 3.88. The summed E-state index contributed by atoms with van der Waals surface area (Å²) in [4.78, 5) is 0. The first-order chi connectivity index (χ1) is 9.45. The van der Waals surface area contributed by atoms with Crippen molar-refractivity contribution < 1.29 is 18.3 Å². The quantitative estimate of drug-likeness (QED) is 0.870. The molecule has 0 bridgehead atoms. The van der Waals surface area contributed by atoms with E-state index in [1.54, 1.807) is 7.11 Å². The summed E-state index contributed by atoms with van der Waals surface area (Å²) in [5.41, 5.74) is 1.07. The average molecular weight is 363 g/mol. The first-order valence-electron chi connectivity index (χ1n) is 6.59. The lowest BCUT2D eigenvalue weighted by Gasteiger charge is -2.20. The van der Waals surface area contributed by atoms with Crippen LogP contribution in [0.3, 0.4) is 0 Å². The molecule has 0 amide bonds. The molecule has 0 saturated carbocycles. The van der Waals surface area contributed by atoms with Crippen LogP contribution < -0.4 is 4.74 Å². The molecule has 0 radical (unpaired) electrons. The first kappa shape index (κ1) is 15.8. The molecule has 1 aliphatic heterocycles. The maximum absolute atomic E-state index is 11.5. The van der Waals surface area contributed by atoms with Gasteiger partial charge in [0.1, 0.15) is 5.75 Å². The zero-order valence-electron chi connectivity index (χ0n) is 11.4. The Morgan fingerprint density at radius 1 is 1.50 bits per heavy atom. The number of hydrogen-bond acceptors (Lipinski definition) is 4. The molecule has 1 N–H and O–H groups in total. The van der Waals surface area contributed by atoms with Gasteiger partial charge in [-0.25, -0.2) is 8.42 Å². The number of aliphatic hydroxyl groups excluding tert-OH is 1. The van der Waals surface area contributed by atoms with Gasteiger partial charge in [-0.05, 0) is 58.3 Å². The normalized spacial score (nSPS) is 22.6. The summed E-state index contributed by atoms with van der Waals surface area (Å²) < 4.78 is 29.1. The molecule has 1 aliphatic rings. The van der Waals surface area contributed by atoms with Crippen LogP contribution in [0.1, 0.15) is 12.0 Å². The third-order valence-corrected chi connectivity index (χ3v) is 6.30. The molecule has 1 saturated heterocycles. The Kier molecular flexibility index (Phi) is 5.09. The molecule has 20 heavy (non-hydrogen) atoms. The van der Waals surface area contributed by atoms with Crippen molar-refractivity contribution >= 4 is 25.8 Å². The van der Waals surface area contributed by atoms with Crippen LogP contribution in [0.25, 0.3) is 0 Å². The van der Waals surface area contributed by atoms with Gasteiger partial charge < -0.3 is 9.84 Å². The van der Waals surface area contributed by atoms with Crippen LogP contribution in [0.15, 0.2) is 22.7 Å². The van der Waals surface area contributed by atoms with Crippen LogP contribution in [0.4, 0.5) is 0 Å². The second-order valence-corrected chi connectivity index (χ2v) is 8.36. The fourth-order valence-electron chi connectivity index (χ4n) is 2.72. The minimum Gasteiger partial charge on any atom is -0.496 e. The number of ether oxygens (including phenoxy) is 1. The van der Waals surface area contributed by atoms with Gasteiger partial charge in [0.05, 0.1) is 23.1 Å². The summed E-state index contributed by atoms with van der Waals surface area (Å²) in [6.45, 7) is 0.0177. The van der Waals surface area contributed by atoms with Gasteiger partial charge in [-0.3, -0.25) is 0 Å². The van der Waals surface area contributed by atoms with Crippen molar-refractivity contribution in [2.45, 2.75) is 12.8 Å². The lowest BCUT2D eigenvalue weighted by Crippen LogP contribution is -2.22. The molecule has 2 unspecified atom stereocenters. The van der Waals surface area contributed by atoms with E-state index in [-0.39, 0.29) is 29.9 Å². The summed E-state index contributed by atoms with van der Waals surface area (Å²) in [7, 11) is -1.29. The zero-order chi connectivity index (χ0) is 14.8. The number of halogens is 1. The minimum absolute atomic E-state index is 0.00688. The van der Waals surface area contributed by atoms with Gasteiger partial charge in [0.25, 0.3) is 0 Å². The fourth-order valence-corrected chi connectivity index (χ4v) is 5.22. The van der Waals surface area contributed by atoms with Crippen molar-refractivity contribution in [3.05, 3.63) is 28.2 Å². The lowest BCUT2D eigenvalue weighted by atomic mass is 9.87. The highest BCUT2D eigenvalue weighted by Gasteiger charge is 2.33. The standard InChI is InChI=1S/C14H19BrO4S/c1-19-14-3-2-10(7-13(14)15)6-12(8-16)11-4-5-20(17,18)9-11/h2-3,7,11-12,16H,4-6,8-9H2,1H3. The predicted octanol–water partition coefficient (Wildman–Crippen LogP) is 2.04. The third kappa shape index (κ3) is 3.74. The van der Waals surface area contributed by atoms with Crippen LogP contribution in [0, 0.1) is 11.8 Å². The van der Waals surface area contributed by atoms with E-state index in [0.717, 1.165) is 15.8 Å². The number of sulfone groups is 1. The molecule has 2 atom stereocenters. The number of rotatable bonds is 5. The van der Waals surface area contributed by atoms with E-state index in [1.807, 2.05) is 18.2 Å². The SMILES string of the molecule is COc1ccc(CC(CO)C2CCS(=O)(=O)C2)cc1Br. The molecule has 0 aliphatic carbocycles. The number of methoxy groups -OCH3 is 1. The molecule has 1 heterocycles. The van der Waals surface area contributed by atoms with E-state index in [9.17, 15) is 13.5 Å². The zero-order valence-corrected chi connectivity index (χ0v) is 13.8. The smallest absolute Gasteiger partial charge is 0.150 e. The Labute approximate surface area is 128 Å². The second kappa shape index (κ2) is 6.45. The highest BCUT2D eigenvalue weighted by molar-refractivity contribution is 9.10. The second-order valence-electron chi connectivity index (χ2n) is 5.28. The van der Waals surface area contributed by atoms with Crippen molar-refractivity contribution in [1.29, 1.82) is 0 Å². The molecule has 1 fully saturated rings. The predicted molar refractivity (Wildman–Crippen MR) is 81.7 cm³/mol. The molecule has 0 spiro atoms. The number of aliphatic hydroxyl groups is 1. The monoisotopic (exact) mass is 362 g/mol. The highest BCUT2D eigenvalue weighted by atomic mass is 79.9. The Hall–Kier alpha value is -0.590. The van der Waals surface area contributed by atoms with E-state index in [1.165, 1.54) is 0 Å². The van der Waals surface area contributed by atoms with Crippen LogP contribution >= 0.6 is 15.9 Å². The van der Waals surface area contributed by atoms with E-state index >= 15 is 0 Å². The van der Waals surface area contributed by atoms with Gasteiger partial charge in [0.2, 0.25) is 0 Å². The van der Waals surface area contributed by atoms with E-state index in [0.29, 0.717) is 12.8 Å². The highest BCUT2D eigenvalue weighted by Crippen LogP contribution is 2.31. The molecule has 1 aromatic carbocycles. The van der Waals surface area contributed by atoms with Crippen LogP contribution in [0.2, 0.25) is 0 Å². The molecular weight excluding hydrogens is 344 g/mol. The van der Waals surface area contributed by atoms with Gasteiger partial charge in [-0.1, -0.05) is 6.07 Å². The van der Waals surface area contributed by atoms with Gasteiger partial charge >= 0.3 is 0 Å². The van der Waals surface area contributed by atoms with Crippen molar-refractivity contribution in [2.75, 3.05) is 25.2 Å². The van der Waals surface area contributed by atoms with Gasteiger partial charge in [-0.15, -0.1) is 0 Å². The molecule has 112 valence electrons. The topological polar surface area (TPSA) is 63.6 Å². The van der Waals surface area contributed by atoms with E-state index < -0.39 is 9.84 Å².